The Morgan fingerprint density at radius 3 is 2.60 bits per heavy atom. The fourth-order valence-electron chi connectivity index (χ4n) is 2.01. The molecule has 0 fully saturated rings. The monoisotopic (exact) mass is 363 g/mol. The minimum atomic E-state index is -0.989. The van der Waals surface area contributed by atoms with Crippen LogP contribution in [-0.4, -0.2) is 23.8 Å². The van der Waals surface area contributed by atoms with Gasteiger partial charge in [0.25, 0.3) is 5.69 Å². The lowest BCUT2D eigenvalue weighted by Gasteiger charge is -2.10. The second-order valence-electron chi connectivity index (χ2n) is 4.87. The molecule has 0 aliphatic rings. The van der Waals surface area contributed by atoms with Gasteiger partial charge < -0.3 is 15.4 Å². The van der Waals surface area contributed by atoms with Gasteiger partial charge in [0.2, 0.25) is 0 Å². The van der Waals surface area contributed by atoms with E-state index in [0.717, 1.165) is 6.07 Å². The molecule has 0 unspecified atom stereocenters. The first-order valence-electron chi connectivity index (χ1n) is 7.07. The number of rotatable bonds is 5. The molecule has 0 atom stereocenters. The number of ether oxygens (including phenoxy) is 1. The van der Waals surface area contributed by atoms with Gasteiger partial charge in [-0.15, -0.1) is 0 Å². The predicted molar refractivity (Wildman–Crippen MR) is 91.6 cm³/mol. The van der Waals surface area contributed by atoms with Crippen LogP contribution in [0.3, 0.4) is 0 Å². The zero-order chi connectivity index (χ0) is 18.4. The highest BCUT2D eigenvalue weighted by Gasteiger charge is 2.17. The van der Waals surface area contributed by atoms with Crippen molar-refractivity contribution in [2.75, 3.05) is 12.4 Å². The molecule has 2 N–H and O–H groups in total. The Labute approximate surface area is 147 Å². The number of nitrogens with zero attached hydrogens (tertiary/aromatic N) is 1. The van der Waals surface area contributed by atoms with Crippen molar-refractivity contribution in [3.63, 3.8) is 0 Å². The third-order valence-corrected chi connectivity index (χ3v) is 3.58. The van der Waals surface area contributed by atoms with E-state index in [2.05, 4.69) is 10.6 Å². The molecule has 2 amide bonds. The van der Waals surface area contributed by atoms with E-state index >= 15 is 0 Å². The summed E-state index contributed by atoms with van der Waals surface area (Å²) in [5.41, 5.74) is 0.418. The Kier molecular flexibility index (Phi) is 5.91. The Balaban J connectivity index is 2.02. The molecule has 9 heteroatoms. The fourth-order valence-corrected chi connectivity index (χ4v) is 2.17. The second kappa shape index (κ2) is 8.11. The Bertz CT molecular complexity index is 825. The number of carbonyl (C=O) groups excluding carboxylic acids is 2. The van der Waals surface area contributed by atoms with E-state index in [4.69, 9.17) is 16.3 Å². The number of nitrogens with one attached hydrogen (secondary N) is 2. The molecule has 0 aliphatic heterocycles. The third-order valence-electron chi connectivity index (χ3n) is 3.25. The molecule has 130 valence electrons. The van der Waals surface area contributed by atoms with Crippen LogP contribution < -0.4 is 15.4 Å². The summed E-state index contributed by atoms with van der Waals surface area (Å²) in [6, 6.07) is 10.6. The Hall–Kier alpha value is -3.13. The normalized spacial score (nSPS) is 10.0. The van der Waals surface area contributed by atoms with Gasteiger partial charge in [-0.05, 0) is 12.1 Å². The van der Waals surface area contributed by atoms with Gasteiger partial charge >= 0.3 is 11.8 Å². The summed E-state index contributed by atoms with van der Waals surface area (Å²) in [5, 5.41) is 15.5. The van der Waals surface area contributed by atoms with Crippen LogP contribution in [0.1, 0.15) is 5.56 Å². The number of non-ortho nitro benzene ring substituents is 1. The molecule has 8 nitrogen and oxygen atoms in total. The summed E-state index contributed by atoms with van der Waals surface area (Å²) in [5.74, 6) is -1.32. The number of para-hydroxylation sites is 1. The fraction of sp³-hybridized carbons (Fsp3) is 0.125. The maximum atomic E-state index is 11.9. The van der Waals surface area contributed by atoms with Crippen molar-refractivity contribution in [2.45, 2.75) is 6.54 Å². The lowest BCUT2D eigenvalue weighted by Crippen LogP contribution is -2.35. The number of hydrogen-bond donors (Lipinski definition) is 2. The second-order valence-corrected chi connectivity index (χ2v) is 5.28. The van der Waals surface area contributed by atoms with Gasteiger partial charge in [-0.3, -0.25) is 19.7 Å². The summed E-state index contributed by atoms with van der Waals surface area (Å²) in [6.07, 6.45) is 0. The van der Waals surface area contributed by atoms with Gasteiger partial charge in [0, 0.05) is 24.2 Å². The molecule has 0 aliphatic carbocycles. The van der Waals surface area contributed by atoms with Crippen molar-refractivity contribution in [1.29, 1.82) is 0 Å². The van der Waals surface area contributed by atoms with Crippen LogP contribution in [0.5, 0.6) is 5.75 Å². The number of anilines is 1. The van der Waals surface area contributed by atoms with E-state index < -0.39 is 16.7 Å². The number of benzene rings is 2. The number of carbonyl (C=O) groups is 2. The average Bonchev–Trinajstić information content (AvgIpc) is 2.61. The van der Waals surface area contributed by atoms with E-state index in [0.29, 0.717) is 11.3 Å². The molecule has 0 saturated heterocycles. The number of methoxy groups -OCH3 is 1. The van der Waals surface area contributed by atoms with E-state index in [1.54, 1.807) is 24.3 Å². The van der Waals surface area contributed by atoms with Crippen LogP contribution in [0.2, 0.25) is 5.02 Å². The SMILES string of the molecule is COc1ccccc1CNC(=O)C(=O)Nc1cc([N+](=O)[O-])ccc1Cl. The lowest BCUT2D eigenvalue weighted by atomic mass is 10.2. The summed E-state index contributed by atoms with van der Waals surface area (Å²) >= 11 is 5.88. The highest BCUT2D eigenvalue weighted by atomic mass is 35.5. The third kappa shape index (κ3) is 4.67. The van der Waals surface area contributed by atoms with Crippen molar-refractivity contribution in [3.8, 4) is 5.75 Å². The largest absolute Gasteiger partial charge is 0.496 e. The molecule has 0 aromatic heterocycles. The van der Waals surface area contributed by atoms with Crippen molar-refractivity contribution in [2.24, 2.45) is 0 Å². The van der Waals surface area contributed by atoms with E-state index in [1.165, 1.54) is 19.2 Å². The van der Waals surface area contributed by atoms with Crippen LogP contribution in [0, 0.1) is 10.1 Å². The first kappa shape index (κ1) is 18.2. The zero-order valence-electron chi connectivity index (χ0n) is 13.1. The van der Waals surface area contributed by atoms with Crippen molar-refractivity contribution < 1.29 is 19.2 Å². The number of halogens is 1. The summed E-state index contributed by atoms with van der Waals surface area (Å²) < 4.78 is 5.15. The highest BCUT2D eigenvalue weighted by molar-refractivity contribution is 6.41. The van der Waals surface area contributed by atoms with Crippen LogP contribution in [0.4, 0.5) is 11.4 Å². The Morgan fingerprint density at radius 2 is 1.92 bits per heavy atom. The van der Waals surface area contributed by atoms with Gasteiger partial charge in [-0.2, -0.15) is 0 Å². The summed E-state index contributed by atoms with van der Waals surface area (Å²) in [7, 11) is 1.50. The summed E-state index contributed by atoms with van der Waals surface area (Å²) in [4.78, 5) is 34.0. The zero-order valence-corrected chi connectivity index (χ0v) is 13.9. The molecule has 0 heterocycles. The molecular formula is C16H14ClN3O5. The lowest BCUT2D eigenvalue weighted by molar-refractivity contribution is -0.384. The molecule has 2 aromatic rings. The van der Waals surface area contributed by atoms with E-state index in [1.807, 2.05) is 0 Å². The standard InChI is InChI=1S/C16H14ClN3O5/c1-25-14-5-3-2-4-10(14)9-18-15(21)16(22)19-13-8-11(20(23)24)6-7-12(13)17/h2-8H,9H2,1H3,(H,18,21)(H,19,22). The molecule has 25 heavy (non-hydrogen) atoms. The van der Waals surface area contributed by atoms with Crippen molar-refractivity contribution in [1.82, 2.24) is 5.32 Å². The van der Waals surface area contributed by atoms with E-state index in [9.17, 15) is 19.7 Å². The number of nitro groups is 1. The minimum Gasteiger partial charge on any atom is -0.496 e. The maximum absolute atomic E-state index is 11.9. The van der Waals surface area contributed by atoms with Crippen LogP contribution in [-0.2, 0) is 16.1 Å². The topological polar surface area (TPSA) is 111 Å². The van der Waals surface area contributed by atoms with Crippen molar-refractivity contribution >= 4 is 34.8 Å². The highest BCUT2D eigenvalue weighted by Crippen LogP contribution is 2.26. The van der Waals surface area contributed by atoms with Gasteiger partial charge in [-0.25, -0.2) is 0 Å². The molecule has 0 radical (unpaired) electrons. The smallest absolute Gasteiger partial charge is 0.313 e. The van der Waals surface area contributed by atoms with Gasteiger partial charge in [0.1, 0.15) is 5.75 Å². The summed E-state index contributed by atoms with van der Waals surface area (Å²) in [6.45, 7) is 0.0823. The number of hydrogen-bond acceptors (Lipinski definition) is 5. The van der Waals surface area contributed by atoms with Gasteiger partial charge in [0.05, 0.1) is 22.7 Å². The molecule has 0 bridgehead atoms. The maximum Gasteiger partial charge on any atom is 0.313 e. The molecule has 2 rings (SSSR count). The van der Waals surface area contributed by atoms with Crippen LogP contribution in [0.25, 0.3) is 0 Å². The van der Waals surface area contributed by atoms with E-state index in [-0.39, 0.29) is 22.9 Å². The number of amides is 2. The molecule has 0 spiro atoms. The molecule has 0 saturated carbocycles. The quantitative estimate of drug-likeness (QED) is 0.481. The molecule has 2 aromatic carbocycles. The minimum absolute atomic E-state index is 0.0201. The average molecular weight is 364 g/mol. The van der Waals surface area contributed by atoms with Gasteiger partial charge in [0.15, 0.2) is 0 Å². The predicted octanol–water partition coefficient (Wildman–Crippen LogP) is 2.51. The first-order chi connectivity index (χ1) is 11.9. The van der Waals surface area contributed by atoms with Crippen LogP contribution in [0.15, 0.2) is 42.5 Å². The van der Waals surface area contributed by atoms with Crippen molar-refractivity contribution in [3.05, 3.63) is 63.2 Å². The first-order valence-corrected chi connectivity index (χ1v) is 7.45. The van der Waals surface area contributed by atoms with Crippen LogP contribution >= 0.6 is 11.6 Å². The molecular weight excluding hydrogens is 350 g/mol. The number of nitro benzene ring substituents is 1. The van der Waals surface area contributed by atoms with Gasteiger partial charge in [-0.1, -0.05) is 29.8 Å². The Morgan fingerprint density at radius 1 is 1.20 bits per heavy atom.